The maximum atomic E-state index is 12.9. The van der Waals surface area contributed by atoms with E-state index in [-0.39, 0.29) is 5.82 Å². The van der Waals surface area contributed by atoms with Crippen LogP contribution >= 0.6 is 0 Å². The van der Waals surface area contributed by atoms with Crippen LogP contribution in [0.5, 0.6) is 0 Å². The SMILES string of the molecule is Cn1cc(N)c(NCCc2cccc(F)c2)n1. The van der Waals surface area contributed by atoms with Crippen molar-refractivity contribution >= 4 is 11.5 Å². The molecular weight excluding hydrogens is 219 g/mol. The molecule has 0 aliphatic heterocycles. The van der Waals surface area contributed by atoms with E-state index in [0.717, 1.165) is 12.0 Å². The molecule has 0 bridgehead atoms. The summed E-state index contributed by atoms with van der Waals surface area (Å²) in [4.78, 5) is 0. The van der Waals surface area contributed by atoms with Crippen LogP contribution in [0, 0.1) is 5.82 Å². The molecule has 0 spiro atoms. The lowest BCUT2D eigenvalue weighted by Crippen LogP contribution is -2.07. The van der Waals surface area contributed by atoms with Crippen molar-refractivity contribution in [2.75, 3.05) is 17.6 Å². The molecule has 1 aromatic heterocycles. The number of nitrogen functional groups attached to an aromatic ring is 1. The van der Waals surface area contributed by atoms with E-state index in [1.165, 1.54) is 12.1 Å². The van der Waals surface area contributed by atoms with Gasteiger partial charge in [-0.3, -0.25) is 4.68 Å². The van der Waals surface area contributed by atoms with Crippen molar-refractivity contribution in [3.05, 3.63) is 41.8 Å². The van der Waals surface area contributed by atoms with E-state index in [9.17, 15) is 4.39 Å². The summed E-state index contributed by atoms with van der Waals surface area (Å²) in [5.41, 5.74) is 7.31. The van der Waals surface area contributed by atoms with Crippen LogP contribution in [0.1, 0.15) is 5.56 Å². The highest BCUT2D eigenvalue weighted by atomic mass is 19.1. The van der Waals surface area contributed by atoms with Gasteiger partial charge in [-0.1, -0.05) is 12.1 Å². The summed E-state index contributed by atoms with van der Waals surface area (Å²) in [6, 6.07) is 6.57. The minimum absolute atomic E-state index is 0.208. The average molecular weight is 234 g/mol. The molecule has 0 amide bonds. The molecule has 3 N–H and O–H groups in total. The second kappa shape index (κ2) is 4.86. The number of nitrogens with two attached hydrogens (primary N) is 1. The molecule has 1 heterocycles. The van der Waals surface area contributed by atoms with Gasteiger partial charge in [0, 0.05) is 19.8 Å². The van der Waals surface area contributed by atoms with Gasteiger partial charge >= 0.3 is 0 Å². The molecule has 5 heteroatoms. The molecule has 0 aliphatic carbocycles. The largest absolute Gasteiger partial charge is 0.394 e. The lowest BCUT2D eigenvalue weighted by Gasteiger charge is -2.04. The third-order valence-corrected chi connectivity index (χ3v) is 2.45. The second-order valence-corrected chi connectivity index (χ2v) is 3.91. The maximum Gasteiger partial charge on any atom is 0.171 e. The van der Waals surface area contributed by atoms with Crippen LogP contribution in [0.15, 0.2) is 30.5 Å². The summed E-state index contributed by atoms with van der Waals surface area (Å²) in [5, 5.41) is 7.29. The Morgan fingerprint density at radius 1 is 1.47 bits per heavy atom. The summed E-state index contributed by atoms with van der Waals surface area (Å²) in [5.74, 6) is 0.462. The number of hydrogen-bond acceptors (Lipinski definition) is 3. The predicted octanol–water partition coefficient (Wildman–Crippen LogP) is 1.80. The molecule has 0 aliphatic rings. The molecule has 0 radical (unpaired) electrons. The van der Waals surface area contributed by atoms with Crippen LogP contribution < -0.4 is 11.1 Å². The van der Waals surface area contributed by atoms with Crippen molar-refractivity contribution in [2.45, 2.75) is 6.42 Å². The van der Waals surface area contributed by atoms with Crippen molar-refractivity contribution in [1.82, 2.24) is 9.78 Å². The molecule has 4 nitrogen and oxygen atoms in total. The van der Waals surface area contributed by atoms with Crippen LogP contribution in [0.3, 0.4) is 0 Å². The van der Waals surface area contributed by atoms with E-state index in [4.69, 9.17) is 5.73 Å². The molecule has 2 aromatic rings. The Labute approximate surface area is 99.2 Å². The number of aryl methyl sites for hydroxylation is 1. The molecule has 0 atom stereocenters. The monoisotopic (exact) mass is 234 g/mol. The van der Waals surface area contributed by atoms with Gasteiger partial charge in [-0.2, -0.15) is 5.10 Å². The summed E-state index contributed by atoms with van der Waals surface area (Å²) >= 11 is 0. The fraction of sp³-hybridized carbons (Fsp3) is 0.250. The van der Waals surface area contributed by atoms with Crippen LogP contribution in [-0.4, -0.2) is 16.3 Å². The van der Waals surface area contributed by atoms with E-state index < -0.39 is 0 Å². The Hall–Kier alpha value is -2.04. The van der Waals surface area contributed by atoms with E-state index in [1.54, 1.807) is 16.9 Å². The van der Waals surface area contributed by atoms with Crippen LogP contribution in [0.2, 0.25) is 0 Å². The number of aromatic nitrogens is 2. The summed E-state index contributed by atoms with van der Waals surface area (Å²) in [6.45, 7) is 0.671. The zero-order chi connectivity index (χ0) is 12.3. The van der Waals surface area contributed by atoms with E-state index in [0.29, 0.717) is 18.1 Å². The number of anilines is 2. The van der Waals surface area contributed by atoms with Gasteiger partial charge in [0.15, 0.2) is 5.82 Å². The number of benzene rings is 1. The quantitative estimate of drug-likeness (QED) is 0.848. The average Bonchev–Trinajstić information content (AvgIpc) is 2.58. The lowest BCUT2D eigenvalue weighted by molar-refractivity contribution is 0.625. The van der Waals surface area contributed by atoms with Crippen molar-refractivity contribution in [2.24, 2.45) is 7.05 Å². The summed E-state index contributed by atoms with van der Waals surface area (Å²) in [6.07, 6.45) is 2.47. The lowest BCUT2D eigenvalue weighted by atomic mass is 10.1. The minimum atomic E-state index is -0.208. The highest BCUT2D eigenvalue weighted by molar-refractivity contribution is 5.59. The number of nitrogens with one attached hydrogen (secondary N) is 1. The smallest absolute Gasteiger partial charge is 0.171 e. The van der Waals surface area contributed by atoms with Crippen molar-refractivity contribution in [3.8, 4) is 0 Å². The van der Waals surface area contributed by atoms with Crippen molar-refractivity contribution in [3.63, 3.8) is 0 Å². The first-order valence-electron chi connectivity index (χ1n) is 5.42. The van der Waals surface area contributed by atoms with Gasteiger partial charge in [0.25, 0.3) is 0 Å². The number of nitrogens with zero attached hydrogens (tertiary/aromatic N) is 2. The molecule has 2 rings (SSSR count). The van der Waals surface area contributed by atoms with Crippen molar-refractivity contribution < 1.29 is 4.39 Å². The minimum Gasteiger partial charge on any atom is -0.394 e. The Balaban J connectivity index is 1.89. The topological polar surface area (TPSA) is 55.9 Å². The highest BCUT2D eigenvalue weighted by Crippen LogP contribution is 2.14. The fourth-order valence-electron chi connectivity index (χ4n) is 1.66. The fourth-order valence-corrected chi connectivity index (χ4v) is 1.66. The van der Waals surface area contributed by atoms with Crippen LogP contribution in [0.4, 0.5) is 15.9 Å². The number of hydrogen-bond donors (Lipinski definition) is 2. The van der Waals surface area contributed by atoms with Gasteiger partial charge < -0.3 is 11.1 Å². The maximum absolute atomic E-state index is 12.9. The molecular formula is C12H15FN4. The molecule has 0 saturated heterocycles. The summed E-state index contributed by atoms with van der Waals surface area (Å²) < 4.78 is 14.6. The van der Waals surface area contributed by atoms with Crippen LogP contribution in [0.25, 0.3) is 0 Å². The molecule has 1 aromatic carbocycles. The predicted molar refractivity (Wildman–Crippen MR) is 66.2 cm³/mol. The molecule has 90 valence electrons. The number of halogens is 1. The molecule has 0 fully saturated rings. The zero-order valence-corrected chi connectivity index (χ0v) is 9.65. The highest BCUT2D eigenvalue weighted by Gasteiger charge is 2.02. The molecule has 0 unspecified atom stereocenters. The van der Waals surface area contributed by atoms with Gasteiger partial charge in [0.1, 0.15) is 5.82 Å². The van der Waals surface area contributed by atoms with Crippen LogP contribution in [-0.2, 0) is 13.5 Å². The second-order valence-electron chi connectivity index (χ2n) is 3.91. The van der Waals surface area contributed by atoms with Crippen molar-refractivity contribution in [1.29, 1.82) is 0 Å². The molecule has 0 saturated carbocycles. The van der Waals surface area contributed by atoms with Gasteiger partial charge in [-0.15, -0.1) is 0 Å². The third-order valence-electron chi connectivity index (χ3n) is 2.45. The van der Waals surface area contributed by atoms with E-state index >= 15 is 0 Å². The Morgan fingerprint density at radius 3 is 2.94 bits per heavy atom. The Bertz CT molecular complexity index is 507. The van der Waals surface area contributed by atoms with E-state index in [2.05, 4.69) is 10.4 Å². The first-order chi connectivity index (χ1) is 8.15. The number of rotatable bonds is 4. The van der Waals surface area contributed by atoms with E-state index in [1.807, 2.05) is 13.1 Å². The first-order valence-corrected chi connectivity index (χ1v) is 5.42. The normalized spacial score (nSPS) is 10.5. The van der Waals surface area contributed by atoms with Gasteiger partial charge in [0.05, 0.1) is 5.69 Å². The zero-order valence-electron chi connectivity index (χ0n) is 9.65. The van der Waals surface area contributed by atoms with Gasteiger partial charge in [0.2, 0.25) is 0 Å². The van der Waals surface area contributed by atoms with Gasteiger partial charge in [-0.25, -0.2) is 4.39 Å². The summed E-state index contributed by atoms with van der Waals surface area (Å²) in [7, 11) is 1.81. The first kappa shape index (κ1) is 11.4. The van der Waals surface area contributed by atoms with Gasteiger partial charge in [-0.05, 0) is 24.1 Å². The Kier molecular flexibility index (Phi) is 3.27. The third kappa shape index (κ3) is 2.96. The standard InChI is InChI=1S/C12H15FN4/c1-17-8-11(14)12(16-17)15-6-5-9-3-2-4-10(13)7-9/h2-4,7-8H,5-6,14H2,1H3,(H,15,16). The molecule has 17 heavy (non-hydrogen) atoms. The Morgan fingerprint density at radius 2 is 2.29 bits per heavy atom.